The Morgan fingerprint density at radius 2 is 2.05 bits per heavy atom. The van der Waals surface area contributed by atoms with Gasteiger partial charge in [-0.05, 0) is 50.0 Å². The first-order valence-corrected chi connectivity index (χ1v) is 8.62. The van der Waals surface area contributed by atoms with E-state index in [0.717, 1.165) is 36.9 Å². The van der Waals surface area contributed by atoms with Crippen LogP contribution in [-0.4, -0.2) is 50.3 Å². The van der Waals surface area contributed by atoms with Gasteiger partial charge < -0.3 is 15.0 Å². The SMILES string of the molecule is CCNC1CCC(C(C)C)CC1CN1CCC(OC)C1. The van der Waals surface area contributed by atoms with Gasteiger partial charge in [-0.2, -0.15) is 0 Å². The van der Waals surface area contributed by atoms with Gasteiger partial charge in [0.15, 0.2) is 0 Å². The molecule has 20 heavy (non-hydrogen) atoms. The minimum atomic E-state index is 0.470. The number of nitrogens with zero attached hydrogens (tertiary/aromatic N) is 1. The van der Waals surface area contributed by atoms with E-state index < -0.39 is 0 Å². The molecule has 0 amide bonds. The molecular formula is C17H34N2O. The third-order valence-electron chi connectivity index (χ3n) is 5.49. The molecule has 3 nitrogen and oxygen atoms in total. The van der Waals surface area contributed by atoms with Crippen LogP contribution >= 0.6 is 0 Å². The molecule has 0 aromatic carbocycles. The molecule has 4 atom stereocenters. The van der Waals surface area contributed by atoms with Crippen LogP contribution in [0.4, 0.5) is 0 Å². The van der Waals surface area contributed by atoms with Gasteiger partial charge in [0, 0.05) is 32.8 Å². The maximum atomic E-state index is 5.51. The molecule has 2 aliphatic rings. The van der Waals surface area contributed by atoms with Crippen molar-refractivity contribution in [2.75, 3.05) is 33.3 Å². The predicted octanol–water partition coefficient (Wildman–Crippen LogP) is 2.76. The van der Waals surface area contributed by atoms with Crippen molar-refractivity contribution in [1.29, 1.82) is 0 Å². The van der Waals surface area contributed by atoms with E-state index in [2.05, 4.69) is 31.0 Å². The number of likely N-dealkylation sites (tertiary alicyclic amines) is 1. The summed E-state index contributed by atoms with van der Waals surface area (Å²) in [5.41, 5.74) is 0. The van der Waals surface area contributed by atoms with Crippen molar-refractivity contribution in [1.82, 2.24) is 10.2 Å². The van der Waals surface area contributed by atoms with Gasteiger partial charge in [0.1, 0.15) is 0 Å². The molecule has 0 aromatic rings. The monoisotopic (exact) mass is 282 g/mol. The smallest absolute Gasteiger partial charge is 0.0710 e. The number of hydrogen-bond acceptors (Lipinski definition) is 3. The van der Waals surface area contributed by atoms with Gasteiger partial charge in [0.2, 0.25) is 0 Å². The predicted molar refractivity (Wildman–Crippen MR) is 85.0 cm³/mol. The van der Waals surface area contributed by atoms with Gasteiger partial charge in [-0.15, -0.1) is 0 Å². The summed E-state index contributed by atoms with van der Waals surface area (Å²) in [7, 11) is 1.85. The summed E-state index contributed by atoms with van der Waals surface area (Å²) in [6, 6.07) is 0.733. The van der Waals surface area contributed by atoms with Crippen LogP contribution < -0.4 is 5.32 Å². The fourth-order valence-corrected chi connectivity index (χ4v) is 4.13. The minimum Gasteiger partial charge on any atom is -0.380 e. The Morgan fingerprint density at radius 1 is 1.25 bits per heavy atom. The lowest BCUT2D eigenvalue weighted by Gasteiger charge is -2.40. The third kappa shape index (κ3) is 4.19. The Balaban J connectivity index is 1.89. The van der Waals surface area contributed by atoms with Crippen molar-refractivity contribution < 1.29 is 4.74 Å². The quantitative estimate of drug-likeness (QED) is 0.811. The van der Waals surface area contributed by atoms with Crippen molar-refractivity contribution >= 4 is 0 Å². The highest BCUT2D eigenvalue weighted by Crippen LogP contribution is 2.35. The highest BCUT2D eigenvalue weighted by atomic mass is 16.5. The molecule has 0 spiro atoms. The molecule has 0 radical (unpaired) electrons. The van der Waals surface area contributed by atoms with Crippen LogP contribution in [0.25, 0.3) is 0 Å². The molecule has 1 aliphatic heterocycles. The van der Waals surface area contributed by atoms with E-state index in [1.165, 1.54) is 38.8 Å². The number of methoxy groups -OCH3 is 1. The van der Waals surface area contributed by atoms with Crippen LogP contribution in [0.2, 0.25) is 0 Å². The van der Waals surface area contributed by atoms with Crippen LogP contribution in [0, 0.1) is 17.8 Å². The van der Waals surface area contributed by atoms with Crippen molar-refractivity contribution in [2.24, 2.45) is 17.8 Å². The number of hydrogen-bond donors (Lipinski definition) is 1. The fraction of sp³-hybridized carbons (Fsp3) is 1.00. The lowest BCUT2D eigenvalue weighted by molar-refractivity contribution is 0.0944. The lowest BCUT2D eigenvalue weighted by Crippen LogP contribution is -2.46. The first-order valence-electron chi connectivity index (χ1n) is 8.62. The number of nitrogens with one attached hydrogen (secondary N) is 1. The molecule has 3 heteroatoms. The van der Waals surface area contributed by atoms with E-state index in [0.29, 0.717) is 6.10 Å². The summed E-state index contributed by atoms with van der Waals surface area (Å²) in [6.07, 6.45) is 5.86. The van der Waals surface area contributed by atoms with Crippen LogP contribution in [0.3, 0.4) is 0 Å². The molecular weight excluding hydrogens is 248 g/mol. The normalized spacial score (nSPS) is 35.9. The molecule has 1 heterocycles. The van der Waals surface area contributed by atoms with E-state index in [1.807, 2.05) is 7.11 Å². The molecule has 2 rings (SSSR count). The molecule has 1 saturated carbocycles. The van der Waals surface area contributed by atoms with E-state index in [9.17, 15) is 0 Å². The second-order valence-corrected chi connectivity index (χ2v) is 7.15. The lowest BCUT2D eigenvalue weighted by atomic mass is 9.73. The summed E-state index contributed by atoms with van der Waals surface area (Å²) < 4.78 is 5.51. The number of rotatable bonds is 6. The standard InChI is InChI=1S/C17H34N2O/c1-5-18-17-7-6-14(13(2)3)10-15(17)11-19-9-8-16(12-19)20-4/h13-18H,5-12H2,1-4H3. The Kier molecular flexibility index (Phi) is 6.31. The summed E-state index contributed by atoms with van der Waals surface area (Å²) in [5, 5.41) is 3.74. The van der Waals surface area contributed by atoms with Crippen LogP contribution in [-0.2, 0) is 4.74 Å². The third-order valence-corrected chi connectivity index (χ3v) is 5.49. The molecule has 2 fully saturated rings. The molecule has 118 valence electrons. The van der Waals surface area contributed by atoms with Crippen LogP contribution in [0.1, 0.15) is 46.5 Å². The van der Waals surface area contributed by atoms with Gasteiger partial charge in [-0.1, -0.05) is 20.8 Å². The molecule has 0 aromatic heterocycles. The second kappa shape index (κ2) is 7.77. The van der Waals surface area contributed by atoms with E-state index >= 15 is 0 Å². The van der Waals surface area contributed by atoms with Crippen molar-refractivity contribution in [2.45, 2.75) is 58.6 Å². The second-order valence-electron chi connectivity index (χ2n) is 7.15. The van der Waals surface area contributed by atoms with Crippen molar-refractivity contribution in [3.63, 3.8) is 0 Å². The van der Waals surface area contributed by atoms with Crippen LogP contribution in [0.15, 0.2) is 0 Å². The topological polar surface area (TPSA) is 24.5 Å². The van der Waals surface area contributed by atoms with E-state index in [4.69, 9.17) is 4.74 Å². The highest BCUT2D eigenvalue weighted by molar-refractivity contribution is 4.89. The Bertz CT molecular complexity index is 282. The van der Waals surface area contributed by atoms with E-state index in [-0.39, 0.29) is 0 Å². The highest BCUT2D eigenvalue weighted by Gasteiger charge is 2.34. The van der Waals surface area contributed by atoms with Gasteiger partial charge in [0.05, 0.1) is 6.10 Å². The zero-order valence-electron chi connectivity index (χ0n) is 13.9. The van der Waals surface area contributed by atoms with Crippen LogP contribution in [0.5, 0.6) is 0 Å². The van der Waals surface area contributed by atoms with Gasteiger partial charge >= 0.3 is 0 Å². The first kappa shape index (κ1) is 16.3. The molecule has 0 bridgehead atoms. The maximum Gasteiger partial charge on any atom is 0.0710 e. The van der Waals surface area contributed by atoms with Gasteiger partial charge in [-0.3, -0.25) is 0 Å². The Labute approximate surface area is 125 Å². The average Bonchev–Trinajstić information content (AvgIpc) is 2.88. The summed E-state index contributed by atoms with van der Waals surface area (Å²) in [6.45, 7) is 11.8. The summed E-state index contributed by atoms with van der Waals surface area (Å²) >= 11 is 0. The molecule has 1 N–H and O–H groups in total. The van der Waals surface area contributed by atoms with E-state index in [1.54, 1.807) is 0 Å². The zero-order chi connectivity index (χ0) is 14.5. The largest absolute Gasteiger partial charge is 0.380 e. The maximum absolute atomic E-state index is 5.51. The van der Waals surface area contributed by atoms with Gasteiger partial charge in [0.25, 0.3) is 0 Å². The minimum absolute atomic E-state index is 0.470. The Morgan fingerprint density at radius 3 is 2.65 bits per heavy atom. The summed E-state index contributed by atoms with van der Waals surface area (Å²) in [5.74, 6) is 2.59. The number of ether oxygens (including phenoxy) is 1. The van der Waals surface area contributed by atoms with Crippen molar-refractivity contribution in [3.05, 3.63) is 0 Å². The fourth-order valence-electron chi connectivity index (χ4n) is 4.13. The van der Waals surface area contributed by atoms with Gasteiger partial charge in [-0.25, -0.2) is 0 Å². The molecule has 1 aliphatic carbocycles. The Hall–Kier alpha value is -0.120. The zero-order valence-corrected chi connectivity index (χ0v) is 13.9. The summed E-state index contributed by atoms with van der Waals surface area (Å²) in [4.78, 5) is 2.63. The average molecular weight is 282 g/mol. The first-order chi connectivity index (χ1) is 9.63. The van der Waals surface area contributed by atoms with Crippen molar-refractivity contribution in [3.8, 4) is 0 Å². The molecule has 4 unspecified atom stereocenters. The molecule has 1 saturated heterocycles.